The van der Waals surface area contributed by atoms with Crippen LogP contribution in [0.2, 0.25) is 0 Å². The Kier molecular flexibility index (Phi) is 6.31. The molecule has 3 rings (SSSR count). The molecule has 1 fully saturated rings. The van der Waals surface area contributed by atoms with Crippen molar-refractivity contribution >= 4 is 21.8 Å². The van der Waals surface area contributed by atoms with Crippen LogP contribution < -0.4 is 0 Å². The molecule has 0 saturated heterocycles. The van der Waals surface area contributed by atoms with Crippen molar-refractivity contribution in [3.05, 3.63) is 65.7 Å². The highest BCUT2D eigenvalue weighted by Gasteiger charge is 2.81. The van der Waals surface area contributed by atoms with Crippen molar-refractivity contribution in [3.63, 3.8) is 0 Å². The summed E-state index contributed by atoms with van der Waals surface area (Å²) < 4.78 is 37.4. The average Bonchev–Trinajstić information content (AvgIpc) is 3.47. The molecule has 160 valence electrons. The first kappa shape index (κ1) is 22.0. The van der Waals surface area contributed by atoms with Crippen molar-refractivity contribution in [2.24, 2.45) is 5.41 Å². The molecule has 6 nitrogen and oxygen atoms in total. The minimum atomic E-state index is -4.01. The van der Waals surface area contributed by atoms with Crippen LogP contribution in [0.1, 0.15) is 37.8 Å². The average molecular weight is 431 g/mol. The predicted molar refractivity (Wildman–Crippen MR) is 112 cm³/mol. The van der Waals surface area contributed by atoms with E-state index in [4.69, 9.17) is 9.47 Å². The number of sulfone groups is 1. The summed E-state index contributed by atoms with van der Waals surface area (Å²) in [7, 11) is -4.01. The van der Waals surface area contributed by atoms with Crippen LogP contribution >= 0.6 is 0 Å². The van der Waals surface area contributed by atoms with E-state index in [0.29, 0.717) is 5.56 Å². The largest absolute Gasteiger partial charge is 0.465 e. The zero-order valence-electron chi connectivity index (χ0n) is 17.3. The number of carbonyl (C=O) groups excluding carboxylic acids is 2. The van der Waals surface area contributed by atoms with Crippen LogP contribution in [-0.4, -0.2) is 38.8 Å². The van der Waals surface area contributed by atoms with E-state index in [2.05, 4.69) is 0 Å². The van der Waals surface area contributed by atoms with Crippen LogP contribution in [0.3, 0.4) is 0 Å². The van der Waals surface area contributed by atoms with Crippen LogP contribution in [0, 0.1) is 5.41 Å². The van der Waals surface area contributed by atoms with Crippen molar-refractivity contribution in [2.75, 3.05) is 13.2 Å². The zero-order chi connectivity index (χ0) is 21.9. The zero-order valence-corrected chi connectivity index (χ0v) is 18.1. The minimum Gasteiger partial charge on any atom is -0.465 e. The monoisotopic (exact) mass is 430 g/mol. The molecule has 0 aliphatic heterocycles. The number of aryl methyl sites for hydroxylation is 1. The van der Waals surface area contributed by atoms with E-state index in [9.17, 15) is 18.0 Å². The number of rotatable bonds is 8. The fourth-order valence-corrected chi connectivity index (χ4v) is 6.32. The molecule has 0 spiro atoms. The van der Waals surface area contributed by atoms with Gasteiger partial charge in [-0.1, -0.05) is 49.4 Å². The topological polar surface area (TPSA) is 86.7 Å². The summed E-state index contributed by atoms with van der Waals surface area (Å²) >= 11 is 0. The summed E-state index contributed by atoms with van der Waals surface area (Å²) in [4.78, 5) is 26.2. The van der Waals surface area contributed by atoms with Crippen LogP contribution in [0.15, 0.2) is 59.5 Å². The quantitative estimate of drug-likeness (QED) is 0.472. The summed E-state index contributed by atoms with van der Waals surface area (Å²) in [5.41, 5.74) is -0.258. The molecule has 0 unspecified atom stereocenters. The molecule has 0 bridgehead atoms. The van der Waals surface area contributed by atoms with Crippen molar-refractivity contribution in [2.45, 2.75) is 43.3 Å². The Morgan fingerprint density at radius 1 is 0.867 bits per heavy atom. The van der Waals surface area contributed by atoms with Gasteiger partial charge in [-0.3, -0.25) is 9.59 Å². The molecule has 0 heterocycles. The van der Waals surface area contributed by atoms with Gasteiger partial charge >= 0.3 is 11.9 Å². The lowest BCUT2D eigenvalue weighted by atomic mass is 9.98. The smallest absolute Gasteiger partial charge is 0.325 e. The standard InChI is InChI=1S/C23H26O6S/c1-4-16-12-14-17(15-13-16)19-20(30(26,27)18-10-8-7-9-11-18)23(19,21(24)28-5-2)22(25)29-6-3/h7-15,19-20H,4-6H2,1-3H3/t19-,20-/m1/s1. The van der Waals surface area contributed by atoms with Crippen LogP contribution in [0.25, 0.3) is 0 Å². The van der Waals surface area contributed by atoms with Crippen molar-refractivity contribution < 1.29 is 27.5 Å². The minimum absolute atomic E-state index is 0.0274. The highest BCUT2D eigenvalue weighted by atomic mass is 32.2. The molecule has 0 amide bonds. The van der Waals surface area contributed by atoms with Gasteiger partial charge in [0.1, 0.15) is 5.25 Å². The lowest BCUT2D eigenvalue weighted by molar-refractivity contribution is -0.164. The van der Waals surface area contributed by atoms with E-state index in [0.717, 1.165) is 12.0 Å². The second kappa shape index (κ2) is 8.60. The van der Waals surface area contributed by atoms with Gasteiger partial charge in [0.15, 0.2) is 15.3 Å². The third-order valence-corrected chi connectivity index (χ3v) is 7.75. The maximum absolute atomic E-state index is 13.5. The SMILES string of the molecule is CCOC(=O)C1(C(=O)OCC)[C@H](c2ccc(CC)cc2)[C@H]1S(=O)(=O)c1ccccc1. The Labute approximate surface area is 177 Å². The van der Waals surface area contributed by atoms with Gasteiger partial charge < -0.3 is 9.47 Å². The number of benzene rings is 2. The van der Waals surface area contributed by atoms with Gasteiger partial charge in [0.05, 0.1) is 18.1 Å². The number of carbonyl (C=O) groups is 2. The van der Waals surface area contributed by atoms with Gasteiger partial charge in [0.2, 0.25) is 0 Å². The fourth-order valence-electron chi connectivity index (χ4n) is 4.01. The van der Waals surface area contributed by atoms with E-state index >= 15 is 0 Å². The van der Waals surface area contributed by atoms with Crippen molar-refractivity contribution in [1.29, 1.82) is 0 Å². The van der Waals surface area contributed by atoms with Crippen LogP contribution in [-0.2, 0) is 35.3 Å². The molecule has 2 aromatic rings. The summed E-state index contributed by atoms with van der Waals surface area (Å²) in [6.45, 7) is 5.30. The number of esters is 2. The lowest BCUT2D eigenvalue weighted by Gasteiger charge is -2.15. The third-order valence-electron chi connectivity index (χ3n) is 5.51. The van der Waals surface area contributed by atoms with E-state index in [-0.39, 0.29) is 18.1 Å². The molecule has 2 aromatic carbocycles. The maximum atomic E-state index is 13.5. The molecule has 1 saturated carbocycles. The summed E-state index contributed by atoms with van der Waals surface area (Å²) in [5.74, 6) is -2.61. The van der Waals surface area contributed by atoms with Crippen molar-refractivity contribution in [1.82, 2.24) is 0 Å². The van der Waals surface area contributed by atoms with Crippen LogP contribution in [0.5, 0.6) is 0 Å². The Bertz CT molecular complexity index is 993. The van der Waals surface area contributed by atoms with Gasteiger partial charge in [-0.15, -0.1) is 0 Å². The Hall–Kier alpha value is -2.67. The second-order valence-electron chi connectivity index (χ2n) is 7.16. The molecule has 7 heteroatoms. The first-order valence-electron chi connectivity index (χ1n) is 10.1. The molecular formula is C23H26O6S. The first-order chi connectivity index (χ1) is 14.3. The number of ether oxygens (including phenoxy) is 2. The Balaban J connectivity index is 2.18. The highest BCUT2D eigenvalue weighted by molar-refractivity contribution is 7.92. The van der Waals surface area contributed by atoms with Crippen LogP contribution in [0.4, 0.5) is 0 Å². The van der Waals surface area contributed by atoms with Gasteiger partial charge in [0.25, 0.3) is 0 Å². The third kappa shape index (κ3) is 3.51. The van der Waals surface area contributed by atoms with E-state index in [1.807, 2.05) is 19.1 Å². The molecule has 30 heavy (non-hydrogen) atoms. The molecular weight excluding hydrogens is 404 g/mol. The van der Waals surface area contributed by atoms with Gasteiger partial charge in [-0.2, -0.15) is 0 Å². The van der Waals surface area contributed by atoms with E-state index in [1.165, 1.54) is 12.1 Å². The Morgan fingerprint density at radius 2 is 1.40 bits per heavy atom. The molecule has 2 atom stereocenters. The van der Waals surface area contributed by atoms with E-state index in [1.54, 1.807) is 44.2 Å². The molecule has 1 aliphatic rings. The summed E-state index contributed by atoms with van der Waals surface area (Å²) in [6, 6.07) is 15.2. The normalized spacial score (nSPS) is 19.7. The molecule has 0 radical (unpaired) electrons. The Morgan fingerprint density at radius 3 is 1.87 bits per heavy atom. The predicted octanol–water partition coefficient (Wildman–Crippen LogP) is 3.30. The number of hydrogen-bond acceptors (Lipinski definition) is 6. The summed E-state index contributed by atoms with van der Waals surface area (Å²) in [5, 5.41) is -1.29. The summed E-state index contributed by atoms with van der Waals surface area (Å²) in [6.07, 6.45) is 0.817. The highest BCUT2D eigenvalue weighted by Crippen LogP contribution is 2.65. The molecule has 0 N–H and O–H groups in total. The lowest BCUT2D eigenvalue weighted by Crippen LogP contribution is -2.35. The molecule has 0 aromatic heterocycles. The van der Waals surface area contributed by atoms with Crippen molar-refractivity contribution in [3.8, 4) is 0 Å². The maximum Gasteiger partial charge on any atom is 0.325 e. The first-order valence-corrected chi connectivity index (χ1v) is 11.6. The number of hydrogen-bond donors (Lipinski definition) is 0. The van der Waals surface area contributed by atoms with Gasteiger partial charge in [-0.05, 0) is 43.5 Å². The fraction of sp³-hybridized carbons (Fsp3) is 0.391. The molecule has 1 aliphatic carbocycles. The van der Waals surface area contributed by atoms with Gasteiger partial charge in [-0.25, -0.2) is 8.42 Å². The van der Waals surface area contributed by atoms with Gasteiger partial charge in [0, 0.05) is 5.92 Å². The second-order valence-corrected chi connectivity index (χ2v) is 9.23. The van der Waals surface area contributed by atoms with E-state index < -0.39 is 38.4 Å².